The highest BCUT2D eigenvalue weighted by Crippen LogP contribution is 2.29. The monoisotopic (exact) mass is 256 g/mol. The second-order valence-corrected chi connectivity index (χ2v) is 3.60. The van der Waals surface area contributed by atoms with Gasteiger partial charge in [-0.2, -0.15) is 18.3 Å². The van der Waals surface area contributed by atoms with Crippen LogP contribution in [0.3, 0.4) is 0 Å². The van der Waals surface area contributed by atoms with E-state index in [2.05, 4.69) is 5.10 Å². The highest BCUT2D eigenvalue weighted by Gasteiger charge is 2.29. The summed E-state index contributed by atoms with van der Waals surface area (Å²) in [7, 11) is 0. The first-order valence-electron chi connectivity index (χ1n) is 5.36. The summed E-state index contributed by atoms with van der Waals surface area (Å²) in [5.74, 6) is 0.581. The number of hydrogen-bond acceptors (Lipinski definition) is 2. The van der Waals surface area contributed by atoms with Crippen LogP contribution in [-0.4, -0.2) is 16.4 Å². The fourth-order valence-electron chi connectivity index (χ4n) is 1.49. The Bertz CT molecular complexity index is 517. The Morgan fingerprint density at radius 3 is 2.44 bits per heavy atom. The van der Waals surface area contributed by atoms with Crippen molar-refractivity contribution in [3.05, 3.63) is 42.2 Å². The molecule has 0 aliphatic carbocycles. The molecular weight excluding hydrogens is 245 g/mol. The minimum absolute atomic E-state index is 0.513. The molecule has 2 aromatic rings. The topological polar surface area (TPSA) is 27.1 Å². The molecule has 1 aromatic heterocycles. The molecule has 0 fully saturated rings. The van der Waals surface area contributed by atoms with Gasteiger partial charge >= 0.3 is 6.18 Å². The molecule has 0 spiro atoms. The summed E-state index contributed by atoms with van der Waals surface area (Å²) in [6.45, 7) is 2.36. The van der Waals surface area contributed by atoms with Crippen molar-refractivity contribution in [3.8, 4) is 11.4 Å². The van der Waals surface area contributed by atoms with Gasteiger partial charge in [-0.1, -0.05) is 0 Å². The Balaban J connectivity index is 2.23. The summed E-state index contributed by atoms with van der Waals surface area (Å²) in [5.41, 5.74) is -0.127. The lowest BCUT2D eigenvalue weighted by molar-refractivity contribution is -0.137. The van der Waals surface area contributed by atoms with Crippen LogP contribution >= 0.6 is 0 Å². The number of benzene rings is 1. The van der Waals surface area contributed by atoms with E-state index in [-0.39, 0.29) is 0 Å². The van der Waals surface area contributed by atoms with Crippen LogP contribution in [0, 0.1) is 0 Å². The van der Waals surface area contributed by atoms with Gasteiger partial charge in [0.15, 0.2) is 5.75 Å². The van der Waals surface area contributed by atoms with Crippen LogP contribution in [-0.2, 0) is 6.18 Å². The van der Waals surface area contributed by atoms with E-state index in [9.17, 15) is 13.2 Å². The van der Waals surface area contributed by atoms with Crippen molar-refractivity contribution in [2.24, 2.45) is 0 Å². The van der Waals surface area contributed by atoms with Crippen molar-refractivity contribution in [3.63, 3.8) is 0 Å². The first kappa shape index (κ1) is 12.5. The van der Waals surface area contributed by atoms with Gasteiger partial charge in [0.05, 0.1) is 30.3 Å². The smallest absolute Gasteiger partial charge is 0.416 e. The first-order valence-corrected chi connectivity index (χ1v) is 5.36. The van der Waals surface area contributed by atoms with Crippen LogP contribution in [0.25, 0.3) is 5.69 Å². The van der Waals surface area contributed by atoms with Gasteiger partial charge in [0.2, 0.25) is 0 Å². The number of ether oxygens (including phenoxy) is 1. The molecule has 0 atom stereocenters. The maximum absolute atomic E-state index is 12.4. The van der Waals surface area contributed by atoms with E-state index in [1.807, 2.05) is 6.92 Å². The van der Waals surface area contributed by atoms with E-state index < -0.39 is 11.7 Å². The third-order valence-corrected chi connectivity index (χ3v) is 2.33. The fourth-order valence-corrected chi connectivity index (χ4v) is 1.49. The van der Waals surface area contributed by atoms with Crippen LogP contribution in [0.2, 0.25) is 0 Å². The van der Waals surface area contributed by atoms with Gasteiger partial charge in [0, 0.05) is 0 Å². The summed E-state index contributed by atoms with van der Waals surface area (Å²) in [6.07, 6.45) is -1.19. The van der Waals surface area contributed by atoms with Gasteiger partial charge in [-0.15, -0.1) is 0 Å². The van der Waals surface area contributed by atoms with E-state index >= 15 is 0 Å². The average molecular weight is 256 g/mol. The highest BCUT2D eigenvalue weighted by molar-refractivity contribution is 5.36. The largest absolute Gasteiger partial charge is 0.491 e. The van der Waals surface area contributed by atoms with Gasteiger partial charge in [0.25, 0.3) is 0 Å². The SMILES string of the molecule is CCOc1cnn(-c2ccc(C(F)(F)F)cc2)c1. The zero-order chi connectivity index (χ0) is 13.2. The lowest BCUT2D eigenvalue weighted by Crippen LogP contribution is -2.05. The Kier molecular flexibility index (Phi) is 3.27. The maximum atomic E-state index is 12.4. The van der Waals surface area contributed by atoms with E-state index in [4.69, 9.17) is 4.74 Å². The molecule has 1 heterocycles. The zero-order valence-electron chi connectivity index (χ0n) is 9.61. The molecule has 0 aliphatic rings. The van der Waals surface area contributed by atoms with Gasteiger partial charge in [-0.3, -0.25) is 0 Å². The van der Waals surface area contributed by atoms with Crippen molar-refractivity contribution in [2.75, 3.05) is 6.61 Å². The molecule has 0 aliphatic heterocycles. The normalized spacial score (nSPS) is 11.6. The van der Waals surface area contributed by atoms with Crippen molar-refractivity contribution >= 4 is 0 Å². The van der Waals surface area contributed by atoms with E-state index in [0.717, 1.165) is 12.1 Å². The van der Waals surface area contributed by atoms with Crippen LogP contribution < -0.4 is 4.74 Å². The molecule has 1 aromatic carbocycles. The van der Waals surface area contributed by atoms with Crippen LogP contribution in [0.5, 0.6) is 5.75 Å². The predicted molar refractivity (Wildman–Crippen MR) is 59.7 cm³/mol. The number of rotatable bonds is 3. The Morgan fingerprint density at radius 2 is 1.89 bits per heavy atom. The minimum atomic E-state index is -4.32. The second kappa shape index (κ2) is 4.72. The number of hydrogen-bond donors (Lipinski definition) is 0. The van der Waals surface area contributed by atoms with Gasteiger partial charge in [0.1, 0.15) is 0 Å². The van der Waals surface area contributed by atoms with E-state index in [1.165, 1.54) is 23.0 Å². The Hall–Kier alpha value is -1.98. The summed E-state index contributed by atoms with van der Waals surface area (Å²) >= 11 is 0. The van der Waals surface area contributed by atoms with Gasteiger partial charge in [-0.05, 0) is 31.2 Å². The molecule has 0 bridgehead atoms. The molecule has 96 valence electrons. The van der Waals surface area contributed by atoms with Crippen molar-refractivity contribution in [1.29, 1.82) is 0 Å². The third-order valence-electron chi connectivity index (χ3n) is 2.33. The zero-order valence-corrected chi connectivity index (χ0v) is 9.61. The fraction of sp³-hybridized carbons (Fsp3) is 0.250. The molecule has 18 heavy (non-hydrogen) atoms. The molecule has 0 saturated carbocycles. The molecule has 0 radical (unpaired) electrons. The Morgan fingerprint density at radius 1 is 1.22 bits per heavy atom. The van der Waals surface area contributed by atoms with Crippen LogP contribution in [0.4, 0.5) is 13.2 Å². The predicted octanol–water partition coefficient (Wildman–Crippen LogP) is 3.29. The molecule has 2 rings (SSSR count). The molecule has 0 saturated heterocycles. The molecule has 0 unspecified atom stereocenters. The molecular formula is C12H11F3N2O. The summed E-state index contributed by atoms with van der Waals surface area (Å²) in [5, 5.41) is 4.01. The number of alkyl halides is 3. The molecule has 0 N–H and O–H groups in total. The summed E-state index contributed by atoms with van der Waals surface area (Å²) < 4.78 is 43.8. The number of aromatic nitrogens is 2. The lowest BCUT2D eigenvalue weighted by Gasteiger charge is -2.07. The molecule has 6 heteroatoms. The summed E-state index contributed by atoms with van der Waals surface area (Å²) in [6, 6.07) is 4.78. The van der Waals surface area contributed by atoms with Crippen molar-refractivity contribution < 1.29 is 17.9 Å². The quantitative estimate of drug-likeness (QED) is 0.842. The number of halogens is 3. The highest BCUT2D eigenvalue weighted by atomic mass is 19.4. The van der Waals surface area contributed by atoms with E-state index in [0.29, 0.717) is 18.0 Å². The van der Waals surface area contributed by atoms with Gasteiger partial charge in [-0.25, -0.2) is 4.68 Å². The standard InChI is InChI=1S/C12H11F3N2O/c1-2-18-11-7-16-17(8-11)10-5-3-9(4-6-10)12(13,14)15/h3-8H,2H2,1H3. The molecule has 0 amide bonds. The number of nitrogens with zero attached hydrogens (tertiary/aromatic N) is 2. The third kappa shape index (κ3) is 2.64. The summed E-state index contributed by atoms with van der Waals surface area (Å²) in [4.78, 5) is 0. The Labute approximate surface area is 102 Å². The van der Waals surface area contributed by atoms with E-state index in [1.54, 1.807) is 6.20 Å². The second-order valence-electron chi connectivity index (χ2n) is 3.60. The minimum Gasteiger partial charge on any atom is -0.491 e. The average Bonchev–Trinajstić information content (AvgIpc) is 2.77. The van der Waals surface area contributed by atoms with Crippen LogP contribution in [0.1, 0.15) is 12.5 Å². The lowest BCUT2D eigenvalue weighted by atomic mass is 10.2. The van der Waals surface area contributed by atoms with Crippen molar-refractivity contribution in [1.82, 2.24) is 9.78 Å². The van der Waals surface area contributed by atoms with Crippen LogP contribution in [0.15, 0.2) is 36.7 Å². The van der Waals surface area contributed by atoms with Crippen molar-refractivity contribution in [2.45, 2.75) is 13.1 Å². The first-order chi connectivity index (χ1) is 8.50. The molecule has 3 nitrogen and oxygen atoms in total. The van der Waals surface area contributed by atoms with Gasteiger partial charge < -0.3 is 4.74 Å². The maximum Gasteiger partial charge on any atom is 0.416 e.